The summed E-state index contributed by atoms with van der Waals surface area (Å²) in [5.41, 5.74) is 1.10. The zero-order chi connectivity index (χ0) is 21.3. The maximum absolute atomic E-state index is 12.3. The molecule has 0 spiro atoms. The summed E-state index contributed by atoms with van der Waals surface area (Å²) >= 11 is 0. The summed E-state index contributed by atoms with van der Waals surface area (Å²) in [4.78, 5) is 48.5. The van der Waals surface area contributed by atoms with E-state index in [1.54, 1.807) is 6.07 Å². The topological polar surface area (TPSA) is 129 Å². The summed E-state index contributed by atoms with van der Waals surface area (Å²) < 4.78 is 1.95. The molecule has 2 heterocycles. The molecule has 0 atom stereocenters. The van der Waals surface area contributed by atoms with Crippen molar-refractivity contribution in [3.8, 4) is 0 Å². The van der Waals surface area contributed by atoms with Crippen molar-refractivity contribution in [1.82, 2.24) is 20.1 Å². The van der Waals surface area contributed by atoms with Gasteiger partial charge in [-0.3, -0.25) is 29.4 Å². The molecule has 0 radical (unpaired) electrons. The maximum atomic E-state index is 12.3. The van der Waals surface area contributed by atoms with E-state index in [1.807, 2.05) is 42.1 Å². The van der Waals surface area contributed by atoms with Gasteiger partial charge in [0.2, 0.25) is 11.8 Å². The molecular weight excluding hydrogens is 386 g/mol. The molecule has 152 valence electrons. The van der Waals surface area contributed by atoms with Crippen LogP contribution in [-0.4, -0.2) is 33.1 Å². The van der Waals surface area contributed by atoms with Crippen molar-refractivity contribution in [3.05, 3.63) is 74.9 Å². The molecule has 4 N–H and O–H groups in total. The van der Waals surface area contributed by atoms with Gasteiger partial charge in [0.25, 0.3) is 11.1 Å². The third kappa shape index (κ3) is 3.60. The normalized spacial score (nSPS) is 11.0. The Balaban J connectivity index is 1.44. The minimum atomic E-state index is -0.527. The van der Waals surface area contributed by atoms with E-state index in [0.29, 0.717) is 0 Å². The number of para-hydroxylation sites is 1. The molecule has 30 heavy (non-hydrogen) atoms. The van der Waals surface area contributed by atoms with Crippen LogP contribution in [0.15, 0.2) is 58.3 Å². The summed E-state index contributed by atoms with van der Waals surface area (Å²) in [5, 5.41) is 10.9. The second kappa shape index (κ2) is 7.70. The maximum Gasteiger partial charge on any atom is 0.272 e. The summed E-state index contributed by atoms with van der Waals surface area (Å²) in [6, 6.07) is 12.3. The first-order valence-corrected chi connectivity index (χ1v) is 9.27. The van der Waals surface area contributed by atoms with Gasteiger partial charge in [-0.1, -0.05) is 24.3 Å². The number of hydrogen-bond donors (Lipinski definition) is 4. The molecule has 2 aromatic heterocycles. The zero-order valence-electron chi connectivity index (χ0n) is 16.1. The summed E-state index contributed by atoms with van der Waals surface area (Å²) in [5.74, 6) is -0.804. The highest BCUT2D eigenvalue weighted by atomic mass is 16.2. The summed E-state index contributed by atoms with van der Waals surface area (Å²) in [6.45, 7) is -0.263. The van der Waals surface area contributed by atoms with Gasteiger partial charge in [0.15, 0.2) is 0 Å². The van der Waals surface area contributed by atoms with Crippen molar-refractivity contribution in [2.75, 3.05) is 11.9 Å². The van der Waals surface area contributed by atoms with E-state index >= 15 is 0 Å². The highest BCUT2D eigenvalue weighted by Crippen LogP contribution is 2.20. The first-order chi connectivity index (χ1) is 14.4. The molecule has 0 bridgehead atoms. The van der Waals surface area contributed by atoms with Gasteiger partial charge in [-0.05, 0) is 23.8 Å². The molecule has 2 amide bonds. The molecule has 0 unspecified atom stereocenters. The van der Waals surface area contributed by atoms with Crippen LogP contribution in [0, 0.1) is 0 Å². The average Bonchev–Trinajstić information content (AvgIpc) is 3.05. The number of hydrogen-bond acceptors (Lipinski definition) is 4. The second-order valence-electron chi connectivity index (χ2n) is 6.92. The number of anilines is 1. The third-order valence-corrected chi connectivity index (χ3v) is 4.88. The fourth-order valence-electron chi connectivity index (χ4n) is 3.51. The van der Waals surface area contributed by atoms with Crippen molar-refractivity contribution in [2.24, 2.45) is 7.05 Å². The van der Waals surface area contributed by atoms with E-state index in [-0.39, 0.29) is 35.3 Å². The fraction of sp³-hybridized carbons (Fsp3) is 0.143. The largest absolute Gasteiger partial charge is 0.350 e. The number of H-pyrrole nitrogens is 2. The minimum absolute atomic E-state index is 0.0803. The van der Waals surface area contributed by atoms with Gasteiger partial charge in [-0.2, -0.15) is 0 Å². The van der Waals surface area contributed by atoms with Crippen molar-refractivity contribution in [3.63, 3.8) is 0 Å². The lowest BCUT2D eigenvalue weighted by Crippen LogP contribution is -2.34. The van der Waals surface area contributed by atoms with Crippen LogP contribution in [0.1, 0.15) is 5.56 Å². The van der Waals surface area contributed by atoms with Gasteiger partial charge >= 0.3 is 0 Å². The molecular formula is C21H19N5O4. The van der Waals surface area contributed by atoms with Gasteiger partial charge in [0.1, 0.15) is 0 Å². The number of aromatic amines is 2. The van der Waals surface area contributed by atoms with Gasteiger partial charge in [-0.15, -0.1) is 0 Å². The number of nitrogens with zero attached hydrogens (tertiary/aromatic N) is 1. The molecule has 0 aliphatic rings. The van der Waals surface area contributed by atoms with E-state index in [2.05, 4.69) is 20.8 Å². The third-order valence-electron chi connectivity index (χ3n) is 4.88. The molecule has 9 nitrogen and oxygen atoms in total. The number of carbonyl (C=O) groups excluding carboxylic acids is 2. The fourth-order valence-corrected chi connectivity index (χ4v) is 3.51. The Kier molecular flexibility index (Phi) is 4.93. The standard InChI is InChI=1S/C21H19N5O4/c1-26-11-12(13-5-2-3-8-16(13)26)9-17(27)22-10-18(28)23-15-7-4-6-14-19(15)21(30)25-24-20(14)29/h2-8,11H,9-10H2,1H3,(H,22,27)(H,23,28)(H,24,29)(H,25,30). The first-order valence-electron chi connectivity index (χ1n) is 9.27. The van der Waals surface area contributed by atoms with Gasteiger partial charge in [0, 0.05) is 24.1 Å². The predicted octanol–water partition coefficient (Wildman–Crippen LogP) is 1.01. The molecule has 4 rings (SSSR count). The van der Waals surface area contributed by atoms with Crippen LogP contribution in [0.5, 0.6) is 0 Å². The Morgan fingerprint density at radius 1 is 0.933 bits per heavy atom. The lowest BCUT2D eigenvalue weighted by molar-refractivity contribution is -0.123. The van der Waals surface area contributed by atoms with Crippen molar-refractivity contribution in [1.29, 1.82) is 0 Å². The molecule has 9 heteroatoms. The minimum Gasteiger partial charge on any atom is -0.350 e. The molecule has 0 saturated carbocycles. The quantitative estimate of drug-likeness (QED) is 0.395. The van der Waals surface area contributed by atoms with Gasteiger partial charge in [0.05, 0.1) is 29.4 Å². The van der Waals surface area contributed by atoms with Crippen LogP contribution >= 0.6 is 0 Å². The zero-order valence-corrected chi connectivity index (χ0v) is 16.1. The average molecular weight is 405 g/mol. The first kappa shape index (κ1) is 19.2. The number of rotatable bonds is 5. The molecule has 4 aromatic rings. The number of aromatic nitrogens is 3. The summed E-state index contributed by atoms with van der Waals surface area (Å²) in [7, 11) is 1.91. The van der Waals surface area contributed by atoms with Crippen LogP contribution in [0.4, 0.5) is 5.69 Å². The van der Waals surface area contributed by atoms with Crippen LogP contribution in [0.2, 0.25) is 0 Å². The van der Waals surface area contributed by atoms with E-state index in [4.69, 9.17) is 0 Å². The molecule has 0 aliphatic carbocycles. The highest BCUT2D eigenvalue weighted by molar-refractivity contribution is 6.03. The monoisotopic (exact) mass is 405 g/mol. The van der Waals surface area contributed by atoms with E-state index < -0.39 is 17.0 Å². The predicted molar refractivity (Wildman–Crippen MR) is 113 cm³/mol. The number of nitrogens with one attached hydrogen (secondary N) is 4. The SMILES string of the molecule is Cn1cc(CC(=O)NCC(=O)Nc2cccc3c(=O)[nH][nH]c(=O)c23)c2ccccc21. The van der Waals surface area contributed by atoms with E-state index in [1.165, 1.54) is 12.1 Å². The molecule has 0 fully saturated rings. The van der Waals surface area contributed by atoms with Crippen LogP contribution in [-0.2, 0) is 23.1 Å². The number of amides is 2. The Bertz CT molecular complexity index is 1400. The summed E-state index contributed by atoms with van der Waals surface area (Å²) in [6.07, 6.45) is 2.03. The Morgan fingerprint density at radius 2 is 1.67 bits per heavy atom. The molecule has 0 saturated heterocycles. The van der Waals surface area contributed by atoms with Crippen molar-refractivity contribution in [2.45, 2.75) is 6.42 Å². The second-order valence-corrected chi connectivity index (χ2v) is 6.92. The van der Waals surface area contributed by atoms with Crippen molar-refractivity contribution >= 4 is 39.2 Å². The Morgan fingerprint density at radius 3 is 2.50 bits per heavy atom. The van der Waals surface area contributed by atoms with E-state index in [0.717, 1.165) is 16.5 Å². The molecule has 2 aromatic carbocycles. The van der Waals surface area contributed by atoms with Crippen LogP contribution < -0.4 is 21.8 Å². The van der Waals surface area contributed by atoms with E-state index in [9.17, 15) is 19.2 Å². The lowest BCUT2D eigenvalue weighted by atomic mass is 10.1. The Hall–Kier alpha value is -4.14. The van der Waals surface area contributed by atoms with Gasteiger partial charge in [-0.25, -0.2) is 0 Å². The number of carbonyl (C=O) groups is 2. The van der Waals surface area contributed by atoms with Crippen LogP contribution in [0.25, 0.3) is 21.7 Å². The molecule has 0 aliphatic heterocycles. The smallest absolute Gasteiger partial charge is 0.272 e. The number of aryl methyl sites for hydroxylation is 1. The highest BCUT2D eigenvalue weighted by Gasteiger charge is 2.13. The Labute approximate surface area is 169 Å². The van der Waals surface area contributed by atoms with Gasteiger partial charge < -0.3 is 15.2 Å². The van der Waals surface area contributed by atoms with Crippen molar-refractivity contribution < 1.29 is 9.59 Å². The lowest BCUT2D eigenvalue weighted by Gasteiger charge is -2.09. The van der Waals surface area contributed by atoms with Crippen LogP contribution in [0.3, 0.4) is 0 Å². The number of fused-ring (bicyclic) bond motifs is 2. The number of benzene rings is 2.